The van der Waals surface area contributed by atoms with E-state index >= 15 is 0 Å². The Morgan fingerprint density at radius 1 is 1.28 bits per heavy atom. The summed E-state index contributed by atoms with van der Waals surface area (Å²) in [6.07, 6.45) is 7.92. The number of aromatic nitrogens is 1. The van der Waals surface area contributed by atoms with Crippen LogP contribution in [0.3, 0.4) is 0 Å². The van der Waals surface area contributed by atoms with Gasteiger partial charge in [-0.25, -0.2) is 0 Å². The summed E-state index contributed by atoms with van der Waals surface area (Å²) in [4.78, 5) is 12.4. The summed E-state index contributed by atoms with van der Waals surface area (Å²) in [7, 11) is 0. The molecule has 0 spiro atoms. The van der Waals surface area contributed by atoms with Crippen molar-refractivity contribution < 1.29 is 4.79 Å². The quantitative estimate of drug-likeness (QED) is 0.677. The molecule has 0 bridgehead atoms. The predicted octanol–water partition coefficient (Wildman–Crippen LogP) is 4.06. The van der Waals surface area contributed by atoms with E-state index in [2.05, 4.69) is 43.4 Å². The fraction of sp³-hybridized carbons (Fsp3) is 0.333. The van der Waals surface area contributed by atoms with Crippen LogP contribution < -0.4 is 5.32 Å². The van der Waals surface area contributed by atoms with Gasteiger partial charge in [0.15, 0.2) is 0 Å². The molecule has 4 nitrogen and oxygen atoms in total. The summed E-state index contributed by atoms with van der Waals surface area (Å²) < 4.78 is 2.01. The van der Waals surface area contributed by atoms with Gasteiger partial charge < -0.3 is 9.88 Å². The molecule has 1 aromatic heterocycles. The van der Waals surface area contributed by atoms with Crippen molar-refractivity contribution >= 4 is 12.0 Å². The van der Waals surface area contributed by atoms with Crippen LogP contribution in [0.5, 0.6) is 0 Å². The van der Waals surface area contributed by atoms with Gasteiger partial charge in [0.2, 0.25) is 0 Å². The van der Waals surface area contributed by atoms with E-state index in [0.717, 1.165) is 42.6 Å². The number of nitrogens with one attached hydrogen (secondary N) is 1. The Balaban J connectivity index is 1.88. The first-order chi connectivity index (χ1) is 12.1. The van der Waals surface area contributed by atoms with Crippen molar-refractivity contribution in [1.29, 1.82) is 5.26 Å². The van der Waals surface area contributed by atoms with Crippen molar-refractivity contribution in [2.45, 2.75) is 45.6 Å². The number of carbonyl (C=O) groups is 1. The predicted molar refractivity (Wildman–Crippen MR) is 99.2 cm³/mol. The number of hydrogen-bond donors (Lipinski definition) is 1. The second-order valence-electron chi connectivity index (χ2n) is 6.72. The van der Waals surface area contributed by atoms with E-state index in [1.807, 2.05) is 22.9 Å². The first-order valence-corrected chi connectivity index (χ1v) is 8.76. The number of benzene rings is 1. The minimum Gasteiger partial charge on any atom is -0.349 e. The monoisotopic (exact) mass is 333 g/mol. The molecule has 1 amide bonds. The third kappa shape index (κ3) is 3.83. The number of rotatable bonds is 4. The highest BCUT2D eigenvalue weighted by molar-refractivity contribution is 6.01. The van der Waals surface area contributed by atoms with Gasteiger partial charge >= 0.3 is 0 Å². The van der Waals surface area contributed by atoms with Crippen LogP contribution in [0.4, 0.5) is 0 Å². The summed E-state index contributed by atoms with van der Waals surface area (Å²) in [5, 5.41) is 12.4. The minimum absolute atomic E-state index is 0.150. The molecule has 0 radical (unpaired) electrons. The molecule has 1 heterocycles. The molecule has 4 heteroatoms. The number of nitriles is 1. The zero-order valence-corrected chi connectivity index (χ0v) is 14.7. The standard InChI is InChI=1S/C21H23N3O/c1-15-9-10-20(16(2)12-15)24-11-5-8-19(24)13-17(14-22)21(25)23-18-6-3-4-7-18/h5,8-13,18H,3-4,6-7H2,1-2H3,(H,23,25)/b17-13-. The fourth-order valence-electron chi connectivity index (χ4n) is 3.44. The lowest BCUT2D eigenvalue weighted by atomic mass is 10.1. The van der Waals surface area contributed by atoms with E-state index in [1.54, 1.807) is 6.08 Å². The lowest BCUT2D eigenvalue weighted by molar-refractivity contribution is -0.117. The van der Waals surface area contributed by atoms with Crippen molar-refractivity contribution in [3.8, 4) is 11.8 Å². The Morgan fingerprint density at radius 3 is 2.72 bits per heavy atom. The molecule has 1 saturated carbocycles. The van der Waals surface area contributed by atoms with Crippen LogP contribution in [-0.2, 0) is 4.79 Å². The first kappa shape index (κ1) is 17.0. The van der Waals surface area contributed by atoms with Crippen molar-refractivity contribution in [2.24, 2.45) is 0 Å². The first-order valence-electron chi connectivity index (χ1n) is 8.76. The van der Waals surface area contributed by atoms with Crippen LogP contribution >= 0.6 is 0 Å². The van der Waals surface area contributed by atoms with Gasteiger partial charge in [0.25, 0.3) is 5.91 Å². The molecular formula is C21H23N3O. The Hall–Kier alpha value is -2.80. The lowest BCUT2D eigenvalue weighted by Gasteiger charge is -2.13. The topological polar surface area (TPSA) is 57.8 Å². The maximum Gasteiger partial charge on any atom is 0.262 e. The largest absolute Gasteiger partial charge is 0.349 e. The van der Waals surface area contributed by atoms with Crippen molar-refractivity contribution in [3.05, 3.63) is 58.9 Å². The van der Waals surface area contributed by atoms with E-state index in [9.17, 15) is 10.1 Å². The average molecular weight is 333 g/mol. The molecule has 1 N–H and O–H groups in total. The molecule has 1 aliphatic carbocycles. The van der Waals surface area contributed by atoms with Crippen LogP contribution in [0.15, 0.2) is 42.1 Å². The van der Waals surface area contributed by atoms with Crippen LogP contribution in [0, 0.1) is 25.2 Å². The van der Waals surface area contributed by atoms with Gasteiger partial charge in [0.1, 0.15) is 11.6 Å². The maximum atomic E-state index is 12.4. The fourth-order valence-corrected chi connectivity index (χ4v) is 3.44. The third-order valence-corrected chi connectivity index (χ3v) is 4.74. The Morgan fingerprint density at radius 2 is 2.04 bits per heavy atom. The molecule has 3 rings (SSSR count). The Bertz CT molecular complexity index is 848. The average Bonchev–Trinajstić information content (AvgIpc) is 3.24. The van der Waals surface area contributed by atoms with E-state index < -0.39 is 0 Å². The van der Waals surface area contributed by atoms with Crippen LogP contribution in [0.2, 0.25) is 0 Å². The zero-order valence-electron chi connectivity index (χ0n) is 14.7. The van der Waals surface area contributed by atoms with Gasteiger partial charge in [-0.1, -0.05) is 30.5 Å². The maximum absolute atomic E-state index is 12.4. The van der Waals surface area contributed by atoms with Crippen LogP contribution in [-0.4, -0.2) is 16.5 Å². The summed E-state index contributed by atoms with van der Waals surface area (Å²) in [5.74, 6) is -0.275. The van der Waals surface area contributed by atoms with Gasteiger partial charge in [-0.2, -0.15) is 5.26 Å². The number of carbonyl (C=O) groups excluding carboxylic acids is 1. The van der Waals surface area contributed by atoms with Gasteiger partial charge in [-0.05, 0) is 56.5 Å². The SMILES string of the molecule is Cc1ccc(-n2cccc2/C=C(/C#N)C(=O)NC2CCCC2)c(C)c1. The second kappa shape index (κ2) is 7.40. The molecular weight excluding hydrogens is 310 g/mol. The molecule has 1 aromatic carbocycles. The highest BCUT2D eigenvalue weighted by atomic mass is 16.1. The van der Waals surface area contributed by atoms with Crippen LogP contribution in [0.25, 0.3) is 11.8 Å². The molecule has 128 valence electrons. The van der Waals surface area contributed by atoms with E-state index in [-0.39, 0.29) is 17.5 Å². The summed E-state index contributed by atoms with van der Waals surface area (Å²) in [5.41, 5.74) is 4.39. The van der Waals surface area contributed by atoms with Crippen molar-refractivity contribution in [3.63, 3.8) is 0 Å². The molecule has 0 aliphatic heterocycles. The zero-order chi connectivity index (χ0) is 17.8. The molecule has 0 atom stereocenters. The van der Waals surface area contributed by atoms with Gasteiger partial charge in [0.05, 0.1) is 0 Å². The molecule has 0 saturated heterocycles. The molecule has 0 unspecified atom stereocenters. The molecule has 25 heavy (non-hydrogen) atoms. The minimum atomic E-state index is -0.275. The van der Waals surface area contributed by atoms with E-state index in [4.69, 9.17) is 0 Å². The van der Waals surface area contributed by atoms with Gasteiger partial charge in [-0.15, -0.1) is 0 Å². The normalized spacial score (nSPS) is 15.2. The number of hydrogen-bond acceptors (Lipinski definition) is 2. The summed E-state index contributed by atoms with van der Waals surface area (Å²) in [6, 6.07) is 12.3. The third-order valence-electron chi connectivity index (χ3n) is 4.74. The highest BCUT2D eigenvalue weighted by Gasteiger charge is 2.19. The second-order valence-corrected chi connectivity index (χ2v) is 6.72. The van der Waals surface area contributed by atoms with E-state index in [0.29, 0.717) is 0 Å². The van der Waals surface area contributed by atoms with Gasteiger partial charge in [0, 0.05) is 23.6 Å². The Labute approximate surface area is 148 Å². The number of aryl methyl sites for hydroxylation is 2. The molecule has 1 aliphatic rings. The highest BCUT2D eigenvalue weighted by Crippen LogP contribution is 2.21. The molecule has 2 aromatic rings. The molecule has 1 fully saturated rings. The van der Waals surface area contributed by atoms with E-state index in [1.165, 1.54) is 5.56 Å². The lowest BCUT2D eigenvalue weighted by Crippen LogP contribution is -2.33. The smallest absolute Gasteiger partial charge is 0.262 e. The number of amides is 1. The van der Waals surface area contributed by atoms with Crippen molar-refractivity contribution in [1.82, 2.24) is 9.88 Å². The number of nitrogens with zero attached hydrogens (tertiary/aromatic N) is 2. The van der Waals surface area contributed by atoms with Crippen molar-refractivity contribution in [2.75, 3.05) is 0 Å². The Kier molecular flexibility index (Phi) is 5.04. The summed E-state index contributed by atoms with van der Waals surface area (Å²) in [6.45, 7) is 4.13. The summed E-state index contributed by atoms with van der Waals surface area (Å²) >= 11 is 0. The van der Waals surface area contributed by atoms with Crippen LogP contribution in [0.1, 0.15) is 42.5 Å². The van der Waals surface area contributed by atoms with Gasteiger partial charge in [-0.3, -0.25) is 4.79 Å².